The third-order valence-corrected chi connectivity index (χ3v) is 5.09. The second kappa shape index (κ2) is 9.80. The maximum atomic E-state index is 13.0. The number of hydrogen-bond acceptors (Lipinski definition) is 5. The van der Waals surface area contributed by atoms with Gasteiger partial charge in [-0.2, -0.15) is 0 Å². The molecule has 7 nitrogen and oxygen atoms in total. The predicted molar refractivity (Wildman–Crippen MR) is 121 cm³/mol. The monoisotopic (exact) mass is 504 g/mol. The number of imide groups is 2. The fourth-order valence-electron chi connectivity index (χ4n) is 2.89. The minimum atomic E-state index is -0.871. The lowest BCUT2D eigenvalue weighted by Gasteiger charge is -2.27. The van der Waals surface area contributed by atoms with Gasteiger partial charge < -0.3 is 9.47 Å². The van der Waals surface area contributed by atoms with Crippen molar-refractivity contribution in [1.29, 1.82) is 0 Å². The first-order valence-corrected chi connectivity index (χ1v) is 10.4. The number of ether oxygens (including phenoxy) is 2. The molecule has 2 aromatic carbocycles. The van der Waals surface area contributed by atoms with Gasteiger partial charge in [-0.25, -0.2) is 9.69 Å². The minimum Gasteiger partial charge on any atom is -0.490 e. The van der Waals surface area contributed by atoms with Crippen molar-refractivity contribution in [1.82, 2.24) is 5.32 Å². The molecule has 9 heteroatoms. The Morgan fingerprint density at radius 2 is 1.94 bits per heavy atom. The Morgan fingerprint density at radius 1 is 1.19 bits per heavy atom. The molecule has 1 aliphatic rings. The molecule has 0 saturated carbocycles. The average molecular weight is 506 g/mol. The van der Waals surface area contributed by atoms with E-state index in [2.05, 4.69) is 27.8 Å². The summed E-state index contributed by atoms with van der Waals surface area (Å²) in [5.41, 5.74) is 0.441. The van der Waals surface area contributed by atoms with E-state index in [1.165, 1.54) is 12.1 Å². The second-order valence-electron chi connectivity index (χ2n) is 6.27. The molecule has 0 atom stereocenters. The van der Waals surface area contributed by atoms with Gasteiger partial charge in [-0.3, -0.25) is 14.9 Å². The first kappa shape index (κ1) is 22.6. The Morgan fingerprint density at radius 3 is 2.61 bits per heavy atom. The van der Waals surface area contributed by atoms with Crippen molar-refractivity contribution < 1.29 is 23.9 Å². The van der Waals surface area contributed by atoms with E-state index >= 15 is 0 Å². The first-order chi connectivity index (χ1) is 14.9. The molecule has 3 rings (SSSR count). The second-order valence-corrected chi connectivity index (χ2v) is 7.53. The van der Waals surface area contributed by atoms with Crippen LogP contribution in [-0.4, -0.2) is 31.1 Å². The van der Waals surface area contributed by atoms with Crippen LogP contribution in [0.1, 0.15) is 12.5 Å². The van der Waals surface area contributed by atoms with Crippen LogP contribution >= 0.6 is 27.5 Å². The zero-order valence-electron chi connectivity index (χ0n) is 16.5. The number of carbonyl (C=O) groups excluding carboxylic acids is 3. The zero-order chi connectivity index (χ0) is 22.5. The number of amides is 4. The topological polar surface area (TPSA) is 84.9 Å². The Labute approximate surface area is 192 Å². The maximum absolute atomic E-state index is 13.0. The molecule has 1 aliphatic heterocycles. The molecule has 4 amide bonds. The highest BCUT2D eigenvalue weighted by Gasteiger charge is 2.37. The number of para-hydroxylation sites is 1. The summed E-state index contributed by atoms with van der Waals surface area (Å²) in [5, 5.41) is 2.37. The first-order valence-electron chi connectivity index (χ1n) is 9.23. The largest absolute Gasteiger partial charge is 0.490 e. The number of anilines is 1. The number of benzene rings is 2. The van der Waals surface area contributed by atoms with Crippen molar-refractivity contribution in [2.75, 3.05) is 18.1 Å². The number of urea groups is 1. The van der Waals surface area contributed by atoms with Gasteiger partial charge in [0.05, 0.1) is 21.8 Å². The lowest BCUT2D eigenvalue weighted by Crippen LogP contribution is -2.54. The van der Waals surface area contributed by atoms with Crippen molar-refractivity contribution >= 4 is 57.1 Å². The number of halogens is 2. The van der Waals surface area contributed by atoms with Crippen LogP contribution < -0.4 is 19.7 Å². The van der Waals surface area contributed by atoms with Crippen LogP contribution in [-0.2, 0) is 9.59 Å². The average Bonchev–Trinajstić information content (AvgIpc) is 2.72. The van der Waals surface area contributed by atoms with Crippen LogP contribution in [0.3, 0.4) is 0 Å². The molecule has 0 bridgehead atoms. The van der Waals surface area contributed by atoms with Gasteiger partial charge in [0.25, 0.3) is 11.8 Å². The highest BCUT2D eigenvalue weighted by Crippen LogP contribution is 2.38. The molecule has 0 radical (unpaired) electrons. The van der Waals surface area contributed by atoms with E-state index in [1.807, 2.05) is 6.92 Å². The molecule has 0 aliphatic carbocycles. The van der Waals surface area contributed by atoms with E-state index in [0.29, 0.717) is 28.1 Å². The number of rotatable bonds is 7. The summed E-state index contributed by atoms with van der Waals surface area (Å²) in [5.74, 6) is -0.702. The highest BCUT2D eigenvalue weighted by atomic mass is 79.9. The lowest BCUT2D eigenvalue weighted by molar-refractivity contribution is -0.122. The number of nitrogens with one attached hydrogen (secondary N) is 1. The Bertz CT molecular complexity index is 1100. The number of hydrogen-bond donors (Lipinski definition) is 1. The Hall–Kier alpha value is -3.10. The summed E-state index contributed by atoms with van der Waals surface area (Å²) in [6.45, 7) is 6.10. The molecule has 160 valence electrons. The third kappa shape index (κ3) is 4.81. The van der Waals surface area contributed by atoms with E-state index in [9.17, 15) is 14.4 Å². The fourth-order valence-corrected chi connectivity index (χ4v) is 3.69. The zero-order valence-corrected chi connectivity index (χ0v) is 18.8. The molecule has 1 fully saturated rings. The van der Waals surface area contributed by atoms with Crippen LogP contribution in [0.2, 0.25) is 5.02 Å². The molecular weight excluding hydrogens is 488 g/mol. The summed E-state index contributed by atoms with van der Waals surface area (Å²) in [6, 6.07) is 8.80. The molecule has 31 heavy (non-hydrogen) atoms. The minimum absolute atomic E-state index is 0.175. The van der Waals surface area contributed by atoms with Gasteiger partial charge in [0.15, 0.2) is 11.5 Å². The van der Waals surface area contributed by atoms with Gasteiger partial charge in [-0.05, 0) is 58.8 Å². The van der Waals surface area contributed by atoms with Crippen molar-refractivity contribution in [3.63, 3.8) is 0 Å². The maximum Gasteiger partial charge on any atom is 0.335 e. The normalized spacial score (nSPS) is 15.1. The van der Waals surface area contributed by atoms with Gasteiger partial charge in [-0.15, -0.1) is 0 Å². The van der Waals surface area contributed by atoms with Gasteiger partial charge in [0.1, 0.15) is 12.2 Å². The van der Waals surface area contributed by atoms with Crippen LogP contribution in [0.25, 0.3) is 6.08 Å². The van der Waals surface area contributed by atoms with Crippen molar-refractivity contribution in [3.8, 4) is 11.5 Å². The molecule has 2 aromatic rings. The van der Waals surface area contributed by atoms with E-state index in [1.54, 1.807) is 36.4 Å². The van der Waals surface area contributed by atoms with Crippen LogP contribution in [0.15, 0.2) is 59.1 Å². The molecule has 1 heterocycles. The molecule has 0 aromatic heterocycles. The van der Waals surface area contributed by atoms with Gasteiger partial charge >= 0.3 is 6.03 Å². The van der Waals surface area contributed by atoms with E-state index in [0.717, 1.165) is 4.90 Å². The lowest BCUT2D eigenvalue weighted by atomic mass is 10.1. The summed E-state index contributed by atoms with van der Waals surface area (Å²) in [6.07, 6.45) is 2.97. The molecule has 0 spiro atoms. The van der Waals surface area contributed by atoms with Crippen LogP contribution in [0, 0.1) is 0 Å². The summed E-state index contributed by atoms with van der Waals surface area (Å²) in [4.78, 5) is 38.6. The van der Waals surface area contributed by atoms with Crippen LogP contribution in [0.4, 0.5) is 10.5 Å². The summed E-state index contributed by atoms with van der Waals surface area (Å²) in [7, 11) is 0. The molecule has 0 unspecified atom stereocenters. The molecule has 1 saturated heterocycles. The quantitative estimate of drug-likeness (QED) is 0.334. The van der Waals surface area contributed by atoms with Crippen LogP contribution in [0.5, 0.6) is 11.5 Å². The highest BCUT2D eigenvalue weighted by molar-refractivity contribution is 9.10. The third-order valence-electron chi connectivity index (χ3n) is 4.18. The number of nitrogens with zero attached hydrogens (tertiary/aromatic N) is 1. The van der Waals surface area contributed by atoms with Crippen molar-refractivity contribution in [2.45, 2.75) is 6.92 Å². The predicted octanol–water partition coefficient (Wildman–Crippen LogP) is 4.73. The Balaban J connectivity index is 2.04. The van der Waals surface area contributed by atoms with E-state index in [4.69, 9.17) is 21.1 Å². The van der Waals surface area contributed by atoms with Gasteiger partial charge in [0.2, 0.25) is 0 Å². The fraction of sp³-hybridized carbons (Fsp3) is 0.136. The summed E-state index contributed by atoms with van der Waals surface area (Å²) < 4.78 is 11.8. The molecular formula is C22H18BrClN2O5. The van der Waals surface area contributed by atoms with E-state index in [-0.39, 0.29) is 22.9 Å². The standard InChI is InChI=1S/C22H18BrClN2O5/c1-3-9-31-19-15(23)11-13(12-18(19)30-4-2)10-14-20(27)25-22(29)26(21(14)28)17-8-6-5-7-16(17)24/h3,5-8,10-12H,1,4,9H2,2H3,(H,25,27,29)/b14-10+. The van der Waals surface area contributed by atoms with Gasteiger partial charge in [-0.1, -0.05) is 36.4 Å². The SMILES string of the molecule is C=CCOc1c(Br)cc(/C=C2\C(=O)NC(=O)N(c3ccccc3Cl)C2=O)cc1OCC. The Kier molecular flexibility index (Phi) is 7.14. The van der Waals surface area contributed by atoms with Gasteiger partial charge in [0, 0.05) is 0 Å². The smallest absolute Gasteiger partial charge is 0.335 e. The van der Waals surface area contributed by atoms with E-state index < -0.39 is 17.8 Å². The van der Waals surface area contributed by atoms with Crippen molar-refractivity contribution in [2.24, 2.45) is 0 Å². The summed E-state index contributed by atoms with van der Waals surface area (Å²) >= 11 is 9.57. The molecule has 1 N–H and O–H groups in total. The number of carbonyl (C=O) groups is 3. The van der Waals surface area contributed by atoms with Crippen molar-refractivity contribution in [3.05, 3.63) is 69.7 Å². The number of barbiturate groups is 1.